The minimum atomic E-state index is -0.290. The molecule has 0 aliphatic carbocycles. The first-order chi connectivity index (χ1) is 13.4. The molecule has 0 spiro atoms. The number of fused-ring (bicyclic) bond motifs is 3. The van der Waals surface area contributed by atoms with Crippen molar-refractivity contribution in [3.63, 3.8) is 0 Å². The van der Waals surface area contributed by atoms with Crippen LogP contribution in [0.3, 0.4) is 0 Å². The summed E-state index contributed by atoms with van der Waals surface area (Å²) in [6, 6.07) is 4.56. The van der Waals surface area contributed by atoms with E-state index >= 15 is 0 Å². The fourth-order valence-corrected chi connectivity index (χ4v) is 4.80. The number of anilines is 1. The topological polar surface area (TPSA) is 99.2 Å². The van der Waals surface area contributed by atoms with Gasteiger partial charge in [0.2, 0.25) is 5.91 Å². The second-order valence-corrected chi connectivity index (χ2v) is 7.88. The van der Waals surface area contributed by atoms with Gasteiger partial charge in [-0.1, -0.05) is 0 Å². The molecule has 9 heteroatoms. The van der Waals surface area contributed by atoms with Crippen molar-refractivity contribution in [2.75, 3.05) is 32.6 Å². The zero-order chi connectivity index (χ0) is 20.0. The molecule has 0 radical (unpaired) electrons. The highest BCUT2D eigenvalue weighted by atomic mass is 32.1. The number of benzene rings is 1. The third-order valence-corrected chi connectivity index (χ3v) is 6.11. The second-order valence-electron chi connectivity index (χ2n) is 6.78. The Bertz CT molecular complexity index is 1000. The quantitative estimate of drug-likeness (QED) is 0.798. The van der Waals surface area contributed by atoms with Crippen molar-refractivity contribution in [1.82, 2.24) is 9.80 Å². The van der Waals surface area contributed by atoms with Crippen LogP contribution in [-0.4, -0.2) is 59.9 Å². The van der Waals surface area contributed by atoms with Gasteiger partial charge in [0, 0.05) is 24.5 Å². The van der Waals surface area contributed by atoms with E-state index in [0.29, 0.717) is 35.8 Å². The predicted molar refractivity (Wildman–Crippen MR) is 103 cm³/mol. The maximum Gasteiger partial charge on any atom is 0.257 e. The highest BCUT2D eigenvalue weighted by molar-refractivity contribution is 7.17. The molecule has 2 aromatic rings. The number of methoxy groups -OCH3 is 1. The zero-order valence-corrected chi connectivity index (χ0v) is 16.3. The van der Waals surface area contributed by atoms with E-state index in [-0.39, 0.29) is 35.6 Å². The molecule has 0 saturated heterocycles. The summed E-state index contributed by atoms with van der Waals surface area (Å²) in [7, 11) is 3.09. The number of phenols is 1. The van der Waals surface area contributed by atoms with E-state index in [1.807, 2.05) is 0 Å². The smallest absolute Gasteiger partial charge is 0.257 e. The first-order valence-electron chi connectivity index (χ1n) is 8.75. The largest absolute Gasteiger partial charge is 0.507 e. The minimum Gasteiger partial charge on any atom is -0.507 e. The molecule has 2 N–H and O–H groups in total. The molecule has 28 heavy (non-hydrogen) atoms. The molecule has 3 amide bonds. The molecular formula is C19H19N3O5S. The monoisotopic (exact) mass is 401 g/mol. The van der Waals surface area contributed by atoms with Crippen LogP contribution in [0.1, 0.15) is 31.2 Å². The van der Waals surface area contributed by atoms with E-state index in [1.165, 1.54) is 35.5 Å². The summed E-state index contributed by atoms with van der Waals surface area (Å²) in [5, 5.41) is 13.5. The Labute approximate surface area is 165 Å². The van der Waals surface area contributed by atoms with Crippen molar-refractivity contribution in [1.29, 1.82) is 0 Å². The zero-order valence-electron chi connectivity index (χ0n) is 15.4. The first kappa shape index (κ1) is 18.3. The van der Waals surface area contributed by atoms with E-state index in [1.54, 1.807) is 18.0 Å². The van der Waals surface area contributed by atoms with Crippen LogP contribution in [0.4, 0.5) is 5.00 Å². The van der Waals surface area contributed by atoms with Gasteiger partial charge in [-0.25, -0.2) is 0 Å². The fraction of sp³-hybridized carbons (Fsp3) is 0.316. The molecule has 4 rings (SSSR count). The SMILES string of the molecule is COc1ccc(C(=O)N2CCc3c(sc4c3C(=O)N(C)CC(=O)N4)C2)c(O)c1. The maximum atomic E-state index is 12.9. The van der Waals surface area contributed by atoms with Gasteiger partial charge < -0.3 is 25.0 Å². The van der Waals surface area contributed by atoms with Crippen molar-refractivity contribution >= 4 is 34.1 Å². The van der Waals surface area contributed by atoms with Gasteiger partial charge in [0.1, 0.15) is 16.5 Å². The average Bonchev–Trinajstić information content (AvgIpc) is 2.98. The lowest BCUT2D eigenvalue weighted by molar-refractivity contribution is -0.116. The van der Waals surface area contributed by atoms with Crippen molar-refractivity contribution in [3.8, 4) is 11.5 Å². The Morgan fingerprint density at radius 2 is 2.07 bits per heavy atom. The number of nitrogens with one attached hydrogen (secondary N) is 1. The lowest BCUT2D eigenvalue weighted by Gasteiger charge is -2.28. The van der Waals surface area contributed by atoms with Gasteiger partial charge in [-0.05, 0) is 24.1 Å². The summed E-state index contributed by atoms with van der Waals surface area (Å²) in [6.45, 7) is 0.770. The third-order valence-electron chi connectivity index (χ3n) is 4.97. The van der Waals surface area contributed by atoms with Crippen molar-refractivity contribution in [3.05, 3.63) is 39.8 Å². The number of carbonyl (C=O) groups excluding carboxylic acids is 3. The molecule has 0 atom stereocenters. The Kier molecular flexibility index (Phi) is 4.46. The number of hydrogen-bond acceptors (Lipinski definition) is 6. The van der Waals surface area contributed by atoms with Crippen LogP contribution in [0.25, 0.3) is 0 Å². The molecule has 146 valence electrons. The molecule has 0 bridgehead atoms. The van der Waals surface area contributed by atoms with Crippen molar-refractivity contribution in [2.45, 2.75) is 13.0 Å². The summed E-state index contributed by atoms with van der Waals surface area (Å²) >= 11 is 1.33. The van der Waals surface area contributed by atoms with Crippen LogP contribution in [-0.2, 0) is 17.8 Å². The van der Waals surface area contributed by atoms with Crippen LogP contribution in [0.5, 0.6) is 11.5 Å². The molecule has 3 heterocycles. The Morgan fingerprint density at radius 1 is 1.29 bits per heavy atom. The van der Waals surface area contributed by atoms with E-state index in [2.05, 4.69) is 5.32 Å². The lowest BCUT2D eigenvalue weighted by atomic mass is 10.0. The number of hydrogen-bond donors (Lipinski definition) is 2. The lowest BCUT2D eigenvalue weighted by Crippen LogP contribution is -2.36. The van der Waals surface area contributed by atoms with Crippen LogP contribution >= 0.6 is 11.3 Å². The highest BCUT2D eigenvalue weighted by Gasteiger charge is 2.34. The van der Waals surface area contributed by atoms with E-state index < -0.39 is 0 Å². The first-order valence-corrected chi connectivity index (χ1v) is 9.56. The summed E-state index contributed by atoms with van der Waals surface area (Å²) in [4.78, 5) is 41.4. The van der Waals surface area contributed by atoms with Gasteiger partial charge in [0.05, 0.1) is 31.3 Å². The predicted octanol–water partition coefficient (Wildman–Crippen LogP) is 1.68. The molecule has 2 aliphatic rings. The van der Waals surface area contributed by atoms with Crippen molar-refractivity contribution < 1.29 is 24.2 Å². The standard InChI is InChI=1S/C19H19N3O5S/c1-21-9-15(24)20-17-16(19(21)26)12-5-6-22(8-14(12)28-17)18(25)11-4-3-10(27-2)7-13(11)23/h3-4,7,23H,5-6,8-9H2,1-2H3,(H,20,24). The molecule has 2 aliphatic heterocycles. The van der Waals surface area contributed by atoms with E-state index in [9.17, 15) is 19.5 Å². The molecular weight excluding hydrogens is 382 g/mol. The van der Waals surface area contributed by atoms with E-state index in [0.717, 1.165) is 10.4 Å². The van der Waals surface area contributed by atoms with Gasteiger partial charge in [0.15, 0.2) is 0 Å². The van der Waals surface area contributed by atoms with Gasteiger partial charge in [0.25, 0.3) is 11.8 Å². The average molecular weight is 401 g/mol. The van der Waals surface area contributed by atoms with Gasteiger partial charge in [-0.15, -0.1) is 11.3 Å². The summed E-state index contributed by atoms with van der Waals surface area (Å²) in [5.41, 5.74) is 1.63. The number of ether oxygens (including phenoxy) is 1. The number of thiophene rings is 1. The van der Waals surface area contributed by atoms with Crippen molar-refractivity contribution in [2.24, 2.45) is 0 Å². The second kappa shape index (κ2) is 6.83. The van der Waals surface area contributed by atoms with E-state index in [4.69, 9.17) is 4.74 Å². The van der Waals surface area contributed by atoms with Gasteiger partial charge in [-0.3, -0.25) is 14.4 Å². The third kappa shape index (κ3) is 2.97. The number of phenolic OH excluding ortho intramolecular Hbond substituents is 1. The van der Waals surface area contributed by atoms with Crippen LogP contribution in [0.2, 0.25) is 0 Å². The molecule has 0 unspecified atom stereocenters. The summed E-state index contributed by atoms with van der Waals surface area (Å²) in [6.07, 6.45) is 0.513. The number of rotatable bonds is 2. The Morgan fingerprint density at radius 3 is 2.79 bits per heavy atom. The number of likely N-dealkylation sites (N-methyl/N-ethyl adjacent to an activating group) is 1. The fourth-order valence-electron chi connectivity index (χ4n) is 3.52. The molecule has 0 fully saturated rings. The molecule has 1 aromatic carbocycles. The van der Waals surface area contributed by atoms with Gasteiger partial charge >= 0.3 is 0 Å². The molecule has 8 nitrogen and oxygen atoms in total. The molecule has 1 aromatic heterocycles. The highest BCUT2D eigenvalue weighted by Crippen LogP contribution is 2.39. The van der Waals surface area contributed by atoms with Crippen LogP contribution < -0.4 is 10.1 Å². The molecule has 0 saturated carbocycles. The van der Waals surface area contributed by atoms with Crippen LogP contribution in [0, 0.1) is 0 Å². The number of aromatic hydroxyl groups is 1. The number of nitrogens with zero attached hydrogens (tertiary/aromatic N) is 2. The number of carbonyl (C=O) groups is 3. The van der Waals surface area contributed by atoms with Crippen LogP contribution in [0.15, 0.2) is 18.2 Å². The Balaban J connectivity index is 1.63. The summed E-state index contributed by atoms with van der Waals surface area (Å²) in [5.74, 6) is -0.374. The summed E-state index contributed by atoms with van der Waals surface area (Å²) < 4.78 is 5.05. The maximum absolute atomic E-state index is 12.9. The number of amides is 3. The normalized spacial score (nSPS) is 16.2. The van der Waals surface area contributed by atoms with Gasteiger partial charge in [-0.2, -0.15) is 0 Å². The Hall–Kier alpha value is -3.07. The minimum absolute atomic E-state index is 0.0242.